The van der Waals surface area contributed by atoms with E-state index in [0.717, 1.165) is 11.5 Å². The van der Waals surface area contributed by atoms with Crippen molar-refractivity contribution in [3.63, 3.8) is 0 Å². The lowest BCUT2D eigenvalue weighted by Gasteiger charge is -2.10. The number of ether oxygens (including phenoxy) is 1. The number of hydrogen-bond acceptors (Lipinski definition) is 6. The van der Waals surface area contributed by atoms with Crippen molar-refractivity contribution in [3.8, 4) is 11.5 Å². The second-order valence-corrected chi connectivity index (χ2v) is 9.13. The summed E-state index contributed by atoms with van der Waals surface area (Å²) in [5.41, 5.74) is 1.19. The van der Waals surface area contributed by atoms with Crippen LogP contribution in [0.5, 0.6) is 11.5 Å². The second kappa shape index (κ2) is 7.07. The molecule has 122 valence electrons. The van der Waals surface area contributed by atoms with Gasteiger partial charge in [0.25, 0.3) is 0 Å². The van der Waals surface area contributed by atoms with Crippen LogP contribution >= 0.6 is 23.5 Å². The van der Waals surface area contributed by atoms with E-state index in [4.69, 9.17) is 8.92 Å². The summed E-state index contributed by atoms with van der Waals surface area (Å²) in [4.78, 5) is 0.101. The zero-order valence-corrected chi connectivity index (χ0v) is 14.9. The van der Waals surface area contributed by atoms with Gasteiger partial charge < -0.3 is 8.92 Å². The highest BCUT2D eigenvalue weighted by Gasteiger charge is 2.20. The fourth-order valence-electron chi connectivity index (χ4n) is 2.15. The Morgan fingerprint density at radius 3 is 2.04 bits per heavy atom. The van der Waals surface area contributed by atoms with Crippen LogP contribution < -0.4 is 8.92 Å². The van der Waals surface area contributed by atoms with Gasteiger partial charge in [-0.2, -0.15) is 8.42 Å². The molecule has 1 aliphatic heterocycles. The minimum Gasteiger partial charge on any atom is -0.497 e. The molecule has 0 amide bonds. The summed E-state index contributed by atoms with van der Waals surface area (Å²) in [7, 11) is -2.31. The quantitative estimate of drug-likeness (QED) is 0.745. The van der Waals surface area contributed by atoms with Gasteiger partial charge >= 0.3 is 10.1 Å². The Hall–Kier alpha value is -1.31. The van der Waals surface area contributed by atoms with Crippen LogP contribution in [0.3, 0.4) is 0 Å². The number of methoxy groups -OCH3 is 1. The molecule has 1 heterocycles. The molecule has 7 heteroatoms. The van der Waals surface area contributed by atoms with Crippen LogP contribution in [-0.4, -0.2) is 27.0 Å². The van der Waals surface area contributed by atoms with E-state index in [1.807, 2.05) is 35.7 Å². The summed E-state index contributed by atoms with van der Waals surface area (Å²) >= 11 is 3.81. The maximum atomic E-state index is 12.3. The molecule has 0 bridgehead atoms. The molecular weight excluding hydrogens is 352 g/mol. The molecule has 0 saturated carbocycles. The molecule has 1 aliphatic rings. The molecule has 0 aromatic heterocycles. The molecule has 4 nitrogen and oxygen atoms in total. The molecule has 0 N–H and O–H groups in total. The Morgan fingerprint density at radius 1 is 0.913 bits per heavy atom. The van der Waals surface area contributed by atoms with Crippen molar-refractivity contribution in [1.82, 2.24) is 0 Å². The predicted octanol–water partition coefficient (Wildman–Crippen LogP) is 3.94. The summed E-state index contributed by atoms with van der Waals surface area (Å²) in [6, 6.07) is 13.4. The Morgan fingerprint density at radius 2 is 1.48 bits per heavy atom. The average molecular weight is 369 g/mol. The summed E-state index contributed by atoms with van der Waals surface area (Å²) in [5.74, 6) is 3.22. The van der Waals surface area contributed by atoms with E-state index in [1.165, 1.54) is 24.8 Å². The Bertz CT molecular complexity index is 749. The first kappa shape index (κ1) is 16.5. The fourth-order valence-corrected chi connectivity index (χ4v) is 5.94. The summed E-state index contributed by atoms with van der Waals surface area (Å²) in [5, 5.41) is 0. The molecule has 23 heavy (non-hydrogen) atoms. The third-order valence-corrected chi connectivity index (χ3v) is 7.69. The van der Waals surface area contributed by atoms with E-state index in [-0.39, 0.29) is 4.90 Å². The van der Waals surface area contributed by atoms with Crippen molar-refractivity contribution >= 4 is 33.6 Å². The maximum absolute atomic E-state index is 12.3. The first-order chi connectivity index (χ1) is 11.1. The van der Waals surface area contributed by atoms with E-state index in [2.05, 4.69) is 0 Å². The molecular formula is C16H16O4S3. The van der Waals surface area contributed by atoms with Gasteiger partial charge in [-0.25, -0.2) is 0 Å². The minimum atomic E-state index is -3.84. The standard InChI is InChI=1S/C16H16O4S3/c1-19-13-6-8-15(9-7-13)23(17,18)20-14-4-2-12(3-5-14)16-21-10-11-22-16/h2-9,16H,10-11H2,1H3. The molecule has 0 spiro atoms. The molecule has 0 atom stereocenters. The van der Waals surface area contributed by atoms with Crippen molar-refractivity contribution in [2.75, 3.05) is 18.6 Å². The van der Waals surface area contributed by atoms with Crippen molar-refractivity contribution < 1.29 is 17.3 Å². The lowest BCUT2D eigenvalue weighted by Crippen LogP contribution is -2.09. The molecule has 2 aromatic carbocycles. The van der Waals surface area contributed by atoms with Crippen LogP contribution in [0.2, 0.25) is 0 Å². The Kier molecular flexibility index (Phi) is 5.08. The predicted molar refractivity (Wildman–Crippen MR) is 94.9 cm³/mol. The number of thioether (sulfide) groups is 2. The molecule has 0 aliphatic carbocycles. The monoisotopic (exact) mass is 368 g/mol. The number of hydrogen-bond donors (Lipinski definition) is 0. The zero-order valence-electron chi connectivity index (χ0n) is 12.5. The topological polar surface area (TPSA) is 52.6 Å². The van der Waals surface area contributed by atoms with E-state index < -0.39 is 10.1 Å². The highest BCUT2D eigenvalue weighted by Crippen LogP contribution is 2.45. The Labute approximate surface area is 144 Å². The molecule has 1 saturated heterocycles. The number of benzene rings is 2. The molecule has 0 unspecified atom stereocenters. The molecule has 3 rings (SSSR count). The van der Waals surface area contributed by atoms with Gasteiger partial charge in [-0.05, 0) is 42.0 Å². The maximum Gasteiger partial charge on any atom is 0.339 e. The molecule has 2 aromatic rings. The van der Waals surface area contributed by atoms with E-state index in [0.29, 0.717) is 16.1 Å². The third-order valence-electron chi connectivity index (χ3n) is 3.33. The van der Waals surface area contributed by atoms with Crippen LogP contribution in [0.25, 0.3) is 0 Å². The minimum absolute atomic E-state index is 0.101. The summed E-state index contributed by atoms with van der Waals surface area (Å²) in [6.07, 6.45) is 0. The van der Waals surface area contributed by atoms with Crippen molar-refractivity contribution in [3.05, 3.63) is 54.1 Å². The van der Waals surface area contributed by atoms with Crippen molar-refractivity contribution in [2.24, 2.45) is 0 Å². The van der Waals surface area contributed by atoms with Crippen LogP contribution in [-0.2, 0) is 10.1 Å². The first-order valence-corrected chi connectivity index (χ1v) is 10.5. The number of rotatable bonds is 5. The van der Waals surface area contributed by atoms with Crippen LogP contribution in [0.4, 0.5) is 0 Å². The lowest BCUT2D eigenvalue weighted by molar-refractivity contribution is 0.414. The third kappa shape index (κ3) is 3.97. The second-order valence-electron chi connectivity index (χ2n) is 4.86. The van der Waals surface area contributed by atoms with E-state index >= 15 is 0 Å². The normalized spacial score (nSPS) is 15.5. The van der Waals surface area contributed by atoms with Crippen LogP contribution in [0.15, 0.2) is 53.4 Å². The van der Waals surface area contributed by atoms with Gasteiger partial charge in [0.2, 0.25) is 0 Å². The average Bonchev–Trinajstić information content (AvgIpc) is 3.10. The fraction of sp³-hybridized carbons (Fsp3) is 0.250. The van der Waals surface area contributed by atoms with E-state index in [1.54, 1.807) is 24.3 Å². The van der Waals surface area contributed by atoms with Crippen molar-refractivity contribution in [2.45, 2.75) is 9.48 Å². The highest BCUT2D eigenvalue weighted by atomic mass is 32.2. The molecule has 0 radical (unpaired) electrons. The van der Waals surface area contributed by atoms with Gasteiger partial charge in [0.15, 0.2) is 0 Å². The Balaban J connectivity index is 1.74. The highest BCUT2D eigenvalue weighted by molar-refractivity contribution is 8.19. The van der Waals surface area contributed by atoms with Crippen LogP contribution in [0, 0.1) is 0 Å². The lowest BCUT2D eigenvalue weighted by atomic mass is 10.2. The summed E-state index contributed by atoms with van der Waals surface area (Å²) < 4.78 is 35.2. The first-order valence-electron chi connectivity index (χ1n) is 7.00. The smallest absolute Gasteiger partial charge is 0.339 e. The van der Waals surface area contributed by atoms with Gasteiger partial charge in [0.05, 0.1) is 11.7 Å². The zero-order chi connectivity index (χ0) is 16.3. The van der Waals surface area contributed by atoms with Gasteiger partial charge in [0.1, 0.15) is 16.4 Å². The van der Waals surface area contributed by atoms with Gasteiger partial charge in [0, 0.05) is 11.5 Å². The SMILES string of the molecule is COc1ccc(S(=O)(=O)Oc2ccc(C3SCCS3)cc2)cc1. The van der Waals surface area contributed by atoms with Gasteiger partial charge in [-0.15, -0.1) is 23.5 Å². The molecule has 1 fully saturated rings. The van der Waals surface area contributed by atoms with Crippen molar-refractivity contribution in [1.29, 1.82) is 0 Å². The largest absolute Gasteiger partial charge is 0.497 e. The van der Waals surface area contributed by atoms with Gasteiger partial charge in [-0.1, -0.05) is 12.1 Å². The van der Waals surface area contributed by atoms with Gasteiger partial charge in [-0.3, -0.25) is 0 Å². The summed E-state index contributed by atoms with van der Waals surface area (Å²) in [6.45, 7) is 0. The van der Waals surface area contributed by atoms with Crippen LogP contribution in [0.1, 0.15) is 10.1 Å². The van der Waals surface area contributed by atoms with E-state index in [9.17, 15) is 8.42 Å².